The normalized spacial score (nSPS) is 19.6. The Hall–Kier alpha value is -0.650. The summed E-state index contributed by atoms with van der Waals surface area (Å²) in [6.07, 6.45) is 0.829. The Labute approximate surface area is 117 Å². The number of hydrogen-bond donors (Lipinski definition) is 1. The maximum absolute atomic E-state index is 11.7. The average Bonchev–Trinajstić information content (AvgIpc) is 2.38. The molecule has 0 aromatic carbocycles. The minimum absolute atomic E-state index is 0.146. The third-order valence-electron chi connectivity index (χ3n) is 3.61. The quantitative estimate of drug-likeness (QED) is 0.680. The molecule has 0 spiro atoms. The topological polar surface area (TPSA) is 44.8 Å². The predicted molar refractivity (Wildman–Crippen MR) is 77.2 cm³/mol. The second-order valence-corrected chi connectivity index (χ2v) is 5.80. The molecule has 1 aliphatic rings. The molecule has 0 saturated carbocycles. The van der Waals surface area contributed by atoms with Crippen molar-refractivity contribution in [2.45, 2.75) is 26.3 Å². The van der Waals surface area contributed by atoms with E-state index in [1.807, 2.05) is 0 Å². The molecule has 1 aliphatic heterocycles. The fraction of sp³-hybridized carbons (Fsp3) is 0.929. The molecule has 0 radical (unpaired) electrons. The minimum atomic E-state index is -0.169. The van der Waals surface area contributed by atoms with Gasteiger partial charge in [-0.05, 0) is 19.4 Å². The number of methoxy groups -OCH3 is 1. The van der Waals surface area contributed by atoms with Crippen LogP contribution in [0.5, 0.6) is 0 Å². The smallest absolute Gasteiger partial charge is 0.322 e. The number of carbonyl (C=O) groups is 1. The van der Waals surface area contributed by atoms with Gasteiger partial charge in [-0.1, -0.05) is 13.8 Å². The molecule has 19 heavy (non-hydrogen) atoms. The van der Waals surface area contributed by atoms with Crippen LogP contribution in [-0.2, 0) is 9.53 Å². The van der Waals surface area contributed by atoms with Crippen molar-refractivity contribution in [1.82, 2.24) is 15.1 Å². The molecular weight excluding hydrogens is 242 g/mol. The first-order chi connectivity index (χ1) is 9.02. The van der Waals surface area contributed by atoms with Gasteiger partial charge in [-0.25, -0.2) is 0 Å². The van der Waals surface area contributed by atoms with Gasteiger partial charge >= 0.3 is 5.97 Å². The Morgan fingerprint density at radius 1 is 1.26 bits per heavy atom. The lowest BCUT2D eigenvalue weighted by Crippen LogP contribution is -2.48. The van der Waals surface area contributed by atoms with Crippen molar-refractivity contribution in [2.24, 2.45) is 5.92 Å². The fourth-order valence-corrected chi connectivity index (χ4v) is 2.34. The monoisotopic (exact) mass is 271 g/mol. The first-order valence-electron chi connectivity index (χ1n) is 7.25. The van der Waals surface area contributed by atoms with Crippen LogP contribution < -0.4 is 5.32 Å². The maximum atomic E-state index is 11.7. The van der Waals surface area contributed by atoms with Gasteiger partial charge in [0.1, 0.15) is 6.04 Å². The standard InChI is InChI=1S/C14H29N3O2/c1-12(2)11-13(14(18)19-4)15-5-6-17-9-7-16(3)8-10-17/h12-13,15H,5-11H2,1-4H3. The van der Waals surface area contributed by atoms with Gasteiger partial charge in [-0.3, -0.25) is 9.69 Å². The van der Waals surface area contributed by atoms with E-state index in [9.17, 15) is 4.79 Å². The lowest BCUT2D eigenvalue weighted by Gasteiger charge is -2.32. The molecule has 1 saturated heterocycles. The molecule has 0 aromatic rings. The highest BCUT2D eigenvalue weighted by atomic mass is 16.5. The summed E-state index contributed by atoms with van der Waals surface area (Å²) in [6, 6.07) is -0.169. The minimum Gasteiger partial charge on any atom is -0.468 e. The number of rotatable bonds is 7. The van der Waals surface area contributed by atoms with Crippen molar-refractivity contribution in [1.29, 1.82) is 0 Å². The summed E-state index contributed by atoms with van der Waals surface area (Å²) in [5.74, 6) is 0.340. The molecule has 0 bridgehead atoms. The van der Waals surface area contributed by atoms with E-state index in [4.69, 9.17) is 4.74 Å². The van der Waals surface area contributed by atoms with Crippen molar-refractivity contribution >= 4 is 5.97 Å². The van der Waals surface area contributed by atoms with Crippen LogP contribution in [-0.4, -0.2) is 75.2 Å². The van der Waals surface area contributed by atoms with Crippen molar-refractivity contribution in [3.8, 4) is 0 Å². The molecule has 1 atom stereocenters. The van der Waals surface area contributed by atoms with Crippen LogP contribution in [0.1, 0.15) is 20.3 Å². The summed E-state index contributed by atoms with van der Waals surface area (Å²) in [4.78, 5) is 16.5. The van der Waals surface area contributed by atoms with Gasteiger partial charge in [0.05, 0.1) is 7.11 Å². The highest BCUT2D eigenvalue weighted by Crippen LogP contribution is 2.06. The number of esters is 1. The SMILES string of the molecule is COC(=O)C(CC(C)C)NCCN1CCN(C)CC1. The Bertz CT molecular complexity index is 263. The van der Waals surface area contributed by atoms with Gasteiger partial charge in [0, 0.05) is 39.3 Å². The van der Waals surface area contributed by atoms with Crippen LogP contribution in [0.3, 0.4) is 0 Å². The van der Waals surface area contributed by atoms with Gasteiger partial charge in [0.15, 0.2) is 0 Å². The van der Waals surface area contributed by atoms with Gasteiger partial charge in [0.25, 0.3) is 0 Å². The molecule has 5 nitrogen and oxygen atoms in total. The van der Waals surface area contributed by atoms with Crippen molar-refractivity contribution in [3.63, 3.8) is 0 Å². The van der Waals surface area contributed by atoms with Crippen LogP contribution in [0.25, 0.3) is 0 Å². The van der Waals surface area contributed by atoms with Crippen LogP contribution in [0.4, 0.5) is 0 Å². The summed E-state index contributed by atoms with van der Waals surface area (Å²) in [5, 5.41) is 3.33. The molecule has 5 heteroatoms. The van der Waals surface area contributed by atoms with E-state index < -0.39 is 0 Å². The highest BCUT2D eigenvalue weighted by Gasteiger charge is 2.20. The van der Waals surface area contributed by atoms with Gasteiger partial charge in [-0.2, -0.15) is 0 Å². The van der Waals surface area contributed by atoms with E-state index >= 15 is 0 Å². The third-order valence-corrected chi connectivity index (χ3v) is 3.61. The summed E-state index contributed by atoms with van der Waals surface area (Å²) in [6.45, 7) is 10.6. The van der Waals surface area contributed by atoms with Gasteiger partial charge < -0.3 is 15.0 Å². The average molecular weight is 271 g/mol. The van der Waals surface area contributed by atoms with Crippen LogP contribution in [0.2, 0.25) is 0 Å². The molecule has 1 rings (SSSR count). The van der Waals surface area contributed by atoms with Crippen LogP contribution in [0, 0.1) is 5.92 Å². The lowest BCUT2D eigenvalue weighted by molar-refractivity contribution is -0.143. The maximum Gasteiger partial charge on any atom is 0.322 e. The Morgan fingerprint density at radius 2 is 1.89 bits per heavy atom. The third kappa shape index (κ3) is 6.36. The zero-order chi connectivity index (χ0) is 14.3. The molecule has 0 aliphatic carbocycles. The largest absolute Gasteiger partial charge is 0.468 e. The Kier molecular flexibility index (Phi) is 7.34. The summed E-state index contributed by atoms with van der Waals surface area (Å²) >= 11 is 0. The van der Waals surface area contributed by atoms with E-state index in [0.29, 0.717) is 5.92 Å². The first kappa shape index (κ1) is 16.4. The molecule has 0 amide bonds. The van der Waals surface area contributed by atoms with E-state index in [1.54, 1.807) is 0 Å². The summed E-state index contributed by atoms with van der Waals surface area (Å²) < 4.78 is 4.85. The zero-order valence-electron chi connectivity index (χ0n) is 12.8. The molecule has 1 N–H and O–H groups in total. The van der Waals surface area contributed by atoms with Crippen molar-refractivity contribution in [2.75, 3.05) is 53.4 Å². The van der Waals surface area contributed by atoms with E-state index in [0.717, 1.165) is 45.7 Å². The summed E-state index contributed by atoms with van der Waals surface area (Å²) in [5.41, 5.74) is 0. The lowest BCUT2D eigenvalue weighted by atomic mass is 10.0. The number of piperazine rings is 1. The molecular formula is C14H29N3O2. The molecule has 1 fully saturated rings. The van der Waals surface area contributed by atoms with Gasteiger partial charge in [-0.15, -0.1) is 0 Å². The van der Waals surface area contributed by atoms with Crippen LogP contribution in [0.15, 0.2) is 0 Å². The number of carbonyl (C=O) groups excluding carboxylic acids is 1. The second-order valence-electron chi connectivity index (χ2n) is 5.80. The van der Waals surface area contributed by atoms with E-state index in [1.165, 1.54) is 7.11 Å². The fourth-order valence-electron chi connectivity index (χ4n) is 2.34. The second kappa shape index (κ2) is 8.51. The molecule has 112 valence electrons. The number of hydrogen-bond acceptors (Lipinski definition) is 5. The first-order valence-corrected chi connectivity index (χ1v) is 7.25. The van der Waals surface area contributed by atoms with Gasteiger partial charge in [0.2, 0.25) is 0 Å². The number of nitrogens with one attached hydrogen (secondary N) is 1. The molecule has 0 aromatic heterocycles. The molecule has 1 unspecified atom stereocenters. The Balaban J connectivity index is 2.25. The van der Waals surface area contributed by atoms with Crippen molar-refractivity contribution in [3.05, 3.63) is 0 Å². The summed E-state index contributed by atoms with van der Waals surface area (Å²) in [7, 11) is 3.61. The highest BCUT2D eigenvalue weighted by molar-refractivity contribution is 5.75. The Morgan fingerprint density at radius 3 is 2.42 bits per heavy atom. The van der Waals surface area contributed by atoms with Crippen molar-refractivity contribution < 1.29 is 9.53 Å². The number of likely N-dealkylation sites (N-methyl/N-ethyl adjacent to an activating group) is 1. The van der Waals surface area contributed by atoms with Crippen LogP contribution >= 0.6 is 0 Å². The predicted octanol–water partition coefficient (Wildman–Crippen LogP) is 0.411. The number of nitrogens with zero attached hydrogens (tertiary/aromatic N) is 2. The molecule has 1 heterocycles. The number of ether oxygens (including phenoxy) is 1. The van der Waals surface area contributed by atoms with E-state index in [-0.39, 0.29) is 12.0 Å². The zero-order valence-corrected chi connectivity index (χ0v) is 12.8. The van der Waals surface area contributed by atoms with E-state index in [2.05, 4.69) is 36.0 Å².